The van der Waals surface area contributed by atoms with Gasteiger partial charge in [-0.25, -0.2) is 4.98 Å². The summed E-state index contributed by atoms with van der Waals surface area (Å²) in [6.07, 6.45) is 6.97. The number of aromatic nitrogens is 3. The predicted octanol–water partition coefficient (Wildman–Crippen LogP) is 2.57. The Kier molecular flexibility index (Phi) is 3.99. The monoisotopic (exact) mass is 324 g/mol. The van der Waals surface area contributed by atoms with Gasteiger partial charge in [-0.15, -0.1) is 11.3 Å². The van der Waals surface area contributed by atoms with Gasteiger partial charge < -0.3 is 4.90 Å². The third-order valence-electron chi connectivity index (χ3n) is 4.07. The Bertz CT molecular complexity index is 617. The van der Waals surface area contributed by atoms with Crippen LogP contribution in [0.5, 0.6) is 0 Å². The molecule has 1 aliphatic rings. The number of rotatable bonds is 3. The van der Waals surface area contributed by atoms with Crippen LogP contribution in [-0.4, -0.2) is 38.7 Å². The molecule has 0 aliphatic carbocycles. The van der Waals surface area contributed by atoms with Crippen molar-refractivity contribution < 1.29 is 4.79 Å². The summed E-state index contributed by atoms with van der Waals surface area (Å²) in [5.41, 5.74) is 0.0972. The Hall–Kier alpha value is -1.40. The second-order valence-electron chi connectivity index (χ2n) is 5.63. The lowest BCUT2D eigenvalue weighted by Crippen LogP contribution is -2.45. The summed E-state index contributed by atoms with van der Waals surface area (Å²) in [5, 5.41) is 7.79. The van der Waals surface area contributed by atoms with E-state index < -0.39 is 0 Å². The van der Waals surface area contributed by atoms with Gasteiger partial charge in [-0.3, -0.25) is 9.48 Å². The molecule has 3 heterocycles. The summed E-state index contributed by atoms with van der Waals surface area (Å²) >= 11 is 7.51. The average molecular weight is 325 g/mol. The minimum Gasteiger partial charge on any atom is -0.341 e. The van der Waals surface area contributed by atoms with E-state index in [9.17, 15) is 4.79 Å². The topological polar surface area (TPSA) is 51.0 Å². The van der Waals surface area contributed by atoms with E-state index in [-0.39, 0.29) is 17.9 Å². The summed E-state index contributed by atoms with van der Waals surface area (Å²) < 4.78 is 1.58. The standard InChI is InChI=1S/C14H17ClN4OS/c1-14(13-16-4-7-21-13)2-5-18(6-3-14)12(20)10-19-9-11(15)8-17-19/h4,7-9H,2-3,5-6,10H2,1H3. The molecule has 1 fully saturated rings. The molecule has 1 amide bonds. The second kappa shape index (κ2) is 5.77. The van der Waals surface area contributed by atoms with Gasteiger partial charge in [0.25, 0.3) is 0 Å². The van der Waals surface area contributed by atoms with E-state index in [1.165, 1.54) is 5.01 Å². The quantitative estimate of drug-likeness (QED) is 0.872. The predicted molar refractivity (Wildman–Crippen MR) is 82.5 cm³/mol. The molecule has 2 aromatic rings. The van der Waals surface area contributed by atoms with E-state index in [0.717, 1.165) is 25.9 Å². The molecule has 0 aromatic carbocycles. The zero-order chi connectivity index (χ0) is 14.9. The number of thiazole rings is 1. The summed E-state index contributed by atoms with van der Waals surface area (Å²) in [7, 11) is 0. The van der Waals surface area contributed by atoms with E-state index in [4.69, 9.17) is 11.6 Å². The van der Waals surface area contributed by atoms with Crippen LogP contribution in [0.15, 0.2) is 24.0 Å². The Morgan fingerprint density at radius 2 is 2.24 bits per heavy atom. The maximum atomic E-state index is 12.3. The minimum atomic E-state index is 0.0935. The van der Waals surface area contributed by atoms with E-state index >= 15 is 0 Å². The van der Waals surface area contributed by atoms with Crippen molar-refractivity contribution in [2.24, 2.45) is 0 Å². The summed E-state index contributed by atoms with van der Waals surface area (Å²) in [6.45, 7) is 4.02. The number of likely N-dealkylation sites (tertiary alicyclic amines) is 1. The third kappa shape index (κ3) is 3.11. The molecule has 0 bridgehead atoms. The first-order valence-corrected chi connectivity index (χ1v) is 8.18. The van der Waals surface area contributed by atoms with Gasteiger partial charge in [0, 0.05) is 36.3 Å². The fraction of sp³-hybridized carbons (Fsp3) is 0.500. The van der Waals surface area contributed by atoms with Crippen molar-refractivity contribution in [3.63, 3.8) is 0 Å². The van der Waals surface area contributed by atoms with E-state index in [2.05, 4.69) is 17.0 Å². The van der Waals surface area contributed by atoms with Crippen molar-refractivity contribution in [3.8, 4) is 0 Å². The van der Waals surface area contributed by atoms with Gasteiger partial charge in [-0.1, -0.05) is 18.5 Å². The molecule has 7 heteroatoms. The van der Waals surface area contributed by atoms with Crippen molar-refractivity contribution in [2.45, 2.75) is 31.7 Å². The minimum absolute atomic E-state index is 0.0935. The number of carbonyl (C=O) groups excluding carboxylic acids is 1. The van der Waals surface area contributed by atoms with Gasteiger partial charge in [-0.05, 0) is 12.8 Å². The molecule has 5 nitrogen and oxygen atoms in total. The lowest BCUT2D eigenvalue weighted by atomic mass is 9.81. The highest BCUT2D eigenvalue weighted by Crippen LogP contribution is 2.36. The molecule has 1 saturated heterocycles. The smallest absolute Gasteiger partial charge is 0.244 e. The highest BCUT2D eigenvalue weighted by atomic mass is 35.5. The molecule has 0 N–H and O–H groups in total. The molecular formula is C14H17ClN4OS. The maximum absolute atomic E-state index is 12.3. The number of hydrogen-bond acceptors (Lipinski definition) is 4. The van der Waals surface area contributed by atoms with Gasteiger partial charge in [0.05, 0.1) is 16.2 Å². The SMILES string of the molecule is CC1(c2nccs2)CCN(C(=O)Cn2cc(Cl)cn2)CC1. The first kappa shape index (κ1) is 14.5. The maximum Gasteiger partial charge on any atom is 0.244 e. The largest absolute Gasteiger partial charge is 0.341 e. The molecular weight excluding hydrogens is 308 g/mol. The normalized spacial score (nSPS) is 17.9. The van der Waals surface area contributed by atoms with Gasteiger partial charge >= 0.3 is 0 Å². The molecule has 0 atom stereocenters. The lowest BCUT2D eigenvalue weighted by molar-refractivity contribution is -0.133. The number of carbonyl (C=O) groups is 1. The van der Waals surface area contributed by atoms with Gasteiger partial charge in [0.15, 0.2) is 0 Å². The molecule has 0 saturated carbocycles. The summed E-state index contributed by atoms with van der Waals surface area (Å²) in [6, 6.07) is 0. The van der Waals surface area contributed by atoms with Crippen molar-refractivity contribution in [1.82, 2.24) is 19.7 Å². The highest BCUT2D eigenvalue weighted by molar-refractivity contribution is 7.09. The van der Waals surface area contributed by atoms with Crippen LogP contribution >= 0.6 is 22.9 Å². The third-order valence-corrected chi connectivity index (χ3v) is 5.34. The van der Waals surface area contributed by atoms with Crippen LogP contribution < -0.4 is 0 Å². The molecule has 0 unspecified atom stereocenters. The fourth-order valence-electron chi connectivity index (χ4n) is 2.65. The Balaban J connectivity index is 1.59. The number of piperidine rings is 1. The van der Waals surface area contributed by atoms with E-state index in [0.29, 0.717) is 5.02 Å². The Morgan fingerprint density at radius 1 is 1.48 bits per heavy atom. The highest BCUT2D eigenvalue weighted by Gasteiger charge is 2.35. The van der Waals surface area contributed by atoms with Gasteiger partial charge in [0.1, 0.15) is 6.54 Å². The van der Waals surface area contributed by atoms with Crippen molar-refractivity contribution in [2.75, 3.05) is 13.1 Å². The van der Waals surface area contributed by atoms with Crippen LogP contribution in [0.4, 0.5) is 0 Å². The zero-order valence-electron chi connectivity index (χ0n) is 11.8. The molecule has 1 aliphatic heterocycles. The van der Waals surface area contributed by atoms with Crippen LogP contribution in [0.25, 0.3) is 0 Å². The van der Waals surface area contributed by atoms with Gasteiger partial charge in [-0.2, -0.15) is 5.10 Å². The molecule has 3 rings (SSSR count). The van der Waals surface area contributed by atoms with Crippen LogP contribution in [0.2, 0.25) is 5.02 Å². The van der Waals surface area contributed by atoms with Gasteiger partial charge in [0.2, 0.25) is 5.91 Å². The number of hydrogen-bond donors (Lipinski definition) is 0. The fourth-order valence-corrected chi connectivity index (χ4v) is 3.67. The van der Waals surface area contributed by atoms with Crippen LogP contribution in [0, 0.1) is 0 Å². The van der Waals surface area contributed by atoms with E-state index in [1.807, 2.05) is 16.5 Å². The van der Waals surface area contributed by atoms with Crippen LogP contribution in [0.3, 0.4) is 0 Å². The molecule has 0 spiro atoms. The number of amides is 1. The summed E-state index contributed by atoms with van der Waals surface area (Å²) in [5.74, 6) is 0.0935. The first-order valence-electron chi connectivity index (χ1n) is 6.92. The Labute approximate surface area is 132 Å². The molecule has 2 aromatic heterocycles. The zero-order valence-corrected chi connectivity index (χ0v) is 13.4. The molecule has 0 radical (unpaired) electrons. The molecule has 112 valence electrons. The lowest BCUT2D eigenvalue weighted by Gasteiger charge is -2.38. The first-order chi connectivity index (χ1) is 10.1. The molecule has 21 heavy (non-hydrogen) atoms. The summed E-state index contributed by atoms with van der Waals surface area (Å²) in [4.78, 5) is 18.6. The van der Waals surface area contributed by atoms with Crippen molar-refractivity contribution in [3.05, 3.63) is 34.0 Å². The number of halogens is 1. The van der Waals surface area contributed by atoms with Crippen LogP contribution in [0.1, 0.15) is 24.8 Å². The second-order valence-corrected chi connectivity index (χ2v) is 6.97. The van der Waals surface area contributed by atoms with Crippen molar-refractivity contribution >= 4 is 28.8 Å². The average Bonchev–Trinajstić information content (AvgIpc) is 3.11. The Morgan fingerprint density at radius 3 is 2.81 bits per heavy atom. The van der Waals surface area contributed by atoms with E-state index in [1.54, 1.807) is 28.4 Å². The van der Waals surface area contributed by atoms with Crippen molar-refractivity contribution in [1.29, 1.82) is 0 Å². The number of nitrogens with zero attached hydrogens (tertiary/aromatic N) is 4. The van der Waals surface area contributed by atoms with Crippen LogP contribution in [-0.2, 0) is 16.8 Å².